The SMILES string of the molecule is N#CCOc1ccc(/C=N\NC(=O)c2ccc(CSc3ccc(Cl)cc3)cc2)cc1. The van der Waals surface area contributed by atoms with Crippen LogP contribution in [0, 0.1) is 11.3 Å². The summed E-state index contributed by atoms with van der Waals surface area (Å²) in [5.41, 5.74) is 4.97. The third kappa shape index (κ3) is 6.66. The van der Waals surface area contributed by atoms with Gasteiger partial charge in [-0.05, 0) is 71.8 Å². The summed E-state index contributed by atoms with van der Waals surface area (Å²) in [4.78, 5) is 13.4. The van der Waals surface area contributed by atoms with Crippen LogP contribution in [0.2, 0.25) is 5.02 Å². The molecule has 0 heterocycles. The number of rotatable bonds is 8. The fourth-order valence-electron chi connectivity index (χ4n) is 2.45. The summed E-state index contributed by atoms with van der Waals surface area (Å²) in [6.07, 6.45) is 1.54. The summed E-state index contributed by atoms with van der Waals surface area (Å²) in [5, 5.41) is 13.2. The van der Waals surface area contributed by atoms with Gasteiger partial charge in [-0.2, -0.15) is 10.4 Å². The first-order valence-corrected chi connectivity index (χ1v) is 10.4. The molecule has 0 fully saturated rings. The van der Waals surface area contributed by atoms with Crippen LogP contribution in [0.15, 0.2) is 82.8 Å². The lowest BCUT2D eigenvalue weighted by Gasteiger charge is -2.04. The Bertz CT molecular complexity index is 1040. The molecule has 0 spiro atoms. The molecule has 30 heavy (non-hydrogen) atoms. The number of nitrogens with one attached hydrogen (secondary N) is 1. The van der Waals surface area contributed by atoms with Crippen molar-refractivity contribution in [2.75, 3.05) is 6.61 Å². The second-order valence-electron chi connectivity index (χ2n) is 6.15. The quantitative estimate of drug-likeness (QED) is 0.296. The molecule has 3 aromatic carbocycles. The minimum Gasteiger partial charge on any atom is -0.479 e. The van der Waals surface area contributed by atoms with Gasteiger partial charge in [-0.15, -0.1) is 11.8 Å². The maximum Gasteiger partial charge on any atom is 0.271 e. The Balaban J connectivity index is 1.48. The van der Waals surface area contributed by atoms with Crippen LogP contribution >= 0.6 is 23.4 Å². The summed E-state index contributed by atoms with van der Waals surface area (Å²) in [5.74, 6) is 1.12. The van der Waals surface area contributed by atoms with Crippen molar-refractivity contribution in [2.24, 2.45) is 5.10 Å². The molecule has 1 N–H and O–H groups in total. The van der Waals surface area contributed by atoms with Gasteiger partial charge in [0.15, 0.2) is 6.61 Å². The number of halogens is 1. The molecule has 0 radical (unpaired) electrons. The Hall–Kier alpha value is -3.27. The average molecular weight is 436 g/mol. The maximum atomic E-state index is 12.2. The van der Waals surface area contributed by atoms with Gasteiger partial charge in [-0.3, -0.25) is 4.79 Å². The maximum absolute atomic E-state index is 12.2. The highest BCUT2D eigenvalue weighted by Crippen LogP contribution is 2.24. The zero-order chi connectivity index (χ0) is 21.2. The molecule has 150 valence electrons. The number of hydrazone groups is 1. The number of nitriles is 1. The van der Waals surface area contributed by atoms with Crippen LogP contribution in [-0.4, -0.2) is 18.7 Å². The molecule has 0 unspecified atom stereocenters. The van der Waals surface area contributed by atoms with Gasteiger partial charge in [0.25, 0.3) is 5.91 Å². The molecular weight excluding hydrogens is 418 g/mol. The van der Waals surface area contributed by atoms with E-state index in [1.807, 2.05) is 42.5 Å². The highest BCUT2D eigenvalue weighted by molar-refractivity contribution is 7.98. The van der Waals surface area contributed by atoms with Crippen molar-refractivity contribution in [1.29, 1.82) is 5.26 Å². The van der Waals surface area contributed by atoms with Crippen molar-refractivity contribution < 1.29 is 9.53 Å². The van der Waals surface area contributed by atoms with Crippen LogP contribution in [0.3, 0.4) is 0 Å². The van der Waals surface area contributed by atoms with E-state index in [1.54, 1.807) is 54.4 Å². The predicted molar refractivity (Wildman–Crippen MR) is 120 cm³/mol. The van der Waals surface area contributed by atoms with Gasteiger partial charge < -0.3 is 4.74 Å². The monoisotopic (exact) mass is 435 g/mol. The van der Waals surface area contributed by atoms with E-state index >= 15 is 0 Å². The molecule has 0 atom stereocenters. The topological polar surface area (TPSA) is 74.5 Å². The number of hydrogen-bond acceptors (Lipinski definition) is 5. The molecule has 0 saturated heterocycles. The second-order valence-corrected chi connectivity index (χ2v) is 7.64. The normalized spacial score (nSPS) is 10.5. The molecule has 0 aliphatic rings. The van der Waals surface area contributed by atoms with E-state index in [0.29, 0.717) is 11.3 Å². The van der Waals surface area contributed by atoms with Gasteiger partial charge in [-0.1, -0.05) is 23.7 Å². The van der Waals surface area contributed by atoms with Gasteiger partial charge in [0, 0.05) is 21.2 Å². The van der Waals surface area contributed by atoms with Crippen LogP contribution in [0.5, 0.6) is 5.75 Å². The number of thioether (sulfide) groups is 1. The van der Waals surface area contributed by atoms with Gasteiger partial charge in [0.05, 0.1) is 6.21 Å². The largest absolute Gasteiger partial charge is 0.479 e. The summed E-state index contributed by atoms with van der Waals surface area (Å²) in [6.45, 7) is 0.00208. The van der Waals surface area contributed by atoms with Crippen molar-refractivity contribution in [1.82, 2.24) is 5.43 Å². The standard InChI is InChI=1S/C23H18ClN3O2S/c24-20-7-11-22(12-8-20)30-16-18-1-5-19(6-2-18)23(28)27-26-15-17-3-9-21(10-4-17)29-14-13-25/h1-12,15H,14,16H2,(H,27,28)/b26-15-. The van der Waals surface area contributed by atoms with E-state index in [-0.39, 0.29) is 12.5 Å². The number of carbonyl (C=O) groups is 1. The van der Waals surface area contributed by atoms with Gasteiger partial charge in [-0.25, -0.2) is 5.43 Å². The Labute approximate surface area is 184 Å². The summed E-state index contributed by atoms with van der Waals surface area (Å²) >= 11 is 7.60. The van der Waals surface area contributed by atoms with Crippen LogP contribution in [0.25, 0.3) is 0 Å². The number of benzene rings is 3. The van der Waals surface area contributed by atoms with Crippen molar-refractivity contribution in [3.8, 4) is 11.8 Å². The van der Waals surface area contributed by atoms with E-state index in [9.17, 15) is 4.79 Å². The second kappa shape index (κ2) is 11.1. The lowest BCUT2D eigenvalue weighted by molar-refractivity contribution is 0.0955. The predicted octanol–water partition coefficient (Wildman–Crippen LogP) is 5.30. The fraction of sp³-hybridized carbons (Fsp3) is 0.0870. The molecule has 5 nitrogen and oxygen atoms in total. The first-order valence-electron chi connectivity index (χ1n) is 9.04. The molecule has 1 amide bonds. The number of amides is 1. The van der Waals surface area contributed by atoms with E-state index in [1.165, 1.54) is 0 Å². The van der Waals surface area contributed by atoms with E-state index in [2.05, 4.69) is 10.5 Å². The lowest BCUT2D eigenvalue weighted by Crippen LogP contribution is -2.17. The summed E-state index contributed by atoms with van der Waals surface area (Å²) in [7, 11) is 0. The van der Waals surface area contributed by atoms with Crippen molar-refractivity contribution in [2.45, 2.75) is 10.6 Å². The van der Waals surface area contributed by atoms with Crippen LogP contribution < -0.4 is 10.2 Å². The Morgan fingerprint density at radius 1 is 1.07 bits per heavy atom. The fourth-order valence-corrected chi connectivity index (χ4v) is 3.43. The van der Waals surface area contributed by atoms with Crippen molar-refractivity contribution in [3.63, 3.8) is 0 Å². The molecule has 0 bridgehead atoms. The zero-order valence-corrected chi connectivity index (χ0v) is 17.5. The van der Waals surface area contributed by atoms with Crippen molar-refractivity contribution >= 4 is 35.5 Å². The van der Waals surface area contributed by atoms with Gasteiger partial charge in [0.1, 0.15) is 11.8 Å². The molecule has 0 aliphatic heterocycles. The van der Waals surface area contributed by atoms with Crippen LogP contribution in [-0.2, 0) is 5.75 Å². The smallest absolute Gasteiger partial charge is 0.271 e. The lowest BCUT2D eigenvalue weighted by atomic mass is 10.1. The summed E-state index contributed by atoms with van der Waals surface area (Å²) in [6, 6.07) is 24.1. The molecule has 0 aliphatic carbocycles. The van der Waals surface area contributed by atoms with Gasteiger partial charge >= 0.3 is 0 Å². The van der Waals surface area contributed by atoms with Crippen LogP contribution in [0.4, 0.5) is 0 Å². The highest BCUT2D eigenvalue weighted by Gasteiger charge is 2.04. The van der Waals surface area contributed by atoms with E-state index in [4.69, 9.17) is 21.6 Å². The minimum atomic E-state index is -0.280. The molecule has 7 heteroatoms. The molecule has 0 saturated carbocycles. The molecule has 3 rings (SSSR count). The highest BCUT2D eigenvalue weighted by atomic mass is 35.5. The Kier molecular flexibility index (Phi) is 7.90. The molecule has 0 aromatic heterocycles. The Morgan fingerprint density at radius 2 is 1.77 bits per heavy atom. The van der Waals surface area contributed by atoms with Crippen LogP contribution in [0.1, 0.15) is 21.5 Å². The van der Waals surface area contributed by atoms with E-state index in [0.717, 1.165) is 26.8 Å². The number of carbonyl (C=O) groups excluding carboxylic acids is 1. The number of ether oxygens (including phenoxy) is 1. The van der Waals surface area contributed by atoms with Crippen molar-refractivity contribution in [3.05, 3.63) is 94.5 Å². The third-order valence-electron chi connectivity index (χ3n) is 4.00. The zero-order valence-electron chi connectivity index (χ0n) is 15.9. The third-order valence-corrected chi connectivity index (χ3v) is 5.33. The average Bonchev–Trinajstić information content (AvgIpc) is 2.78. The first kappa shape index (κ1) is 21.4. The number of nitrogens with zero attached hydrogens (tertiary/aromatic N) is 2. The Morgan fingerprint density at radius 3 is 2.43 bits per heavy atom. The summed E-state index contributed by atoms with van der Waals surface area (Å²) < 4.78 is 5.19. The minimum absolute atomic E-state index is 0.00208. The van der Waals surface area contributed by atoms with Gasteiger partial charge in [0.2, 0.25) is 0 Å². The first-order chi connectivity index (χ1) is 14.6. The molecule has 3 aromatic rings. The number of hydrogen-bond donors (Lipinski definition) is 1. The molecular formula is C23H18ClN3O2S. The van der Waals surface area contributed by atoms with E-state index < -0.39 is 0 Å².